The van der Waals surface area contributed by atoms with Gasteiger partial charge in [0.2, 0.25) is 0 Å². The highest BCUT2D eigenvalue weighted by Crippen LogP contribution is 2.20. The van der Waals surface area contributed by atoms with Gasteiger partial charge in [-0.05, 0) is 31.5 Å². The summed E-state index contributed by atoms with van der Waals surface area (Å²) in [5.41, 5.74) is 5.32. The molecule has 1 aromatic rings. The Labute approximate surface area is 87.8 Å². The van der Waals surface area contributed by atoms with Crippen LogP contribution in [0.1, 0.15) is 12.8 Å². The molecule has 2 N–H and O–H groups in total. The lowest BCUT2D eigenvalue weighted by Crippen LogP contribution is -2.03. The van der Waals surface area contributed by atoms with E-state index in [0.29, 0.717) is 18.9 Å². The van der Waals surface area contributed by atoms with Gasteiger partial charge in [0.1, 0.15) is 11.6 Å². The van der Waals surface area contributed by atoms with E-state index in [4.69, 9.17) is 22.1 Å². The highest BCUT2D eigenvalue weighted by atomic mass is 35.5. The predicted molar refractivity (Wildman–Crippen MR) is 55.2 cm³/mol. The second kappa shape index (κ2) is 5.83. The summed E-state index contributed by atoms with van der Waals surface area (Å²) in [5, 5.41) is 0.110. The Hall–Kier alpha value is -0.800. The molecule has 0 fully saturated rings. The molecule has 0 saturated carbocycles. The minimum Gasteiger partial charge on any atom is -0.493 e. The zero-order chi connectivity index (χ0) is 10.4. The van der Waals surface area contributed by atoms with Crippen molar-refractivity contribution < 1.29 is 9.13 Å². The second-order valence-electron chi connectivity index (χ2n) is 2.92. The molecule has 0 unspecified atom stereocenters. The van der Waals surface area contributed by atoms with Crippen molar-refractivity contribution in [1.29, 1.82) is 0 Å². The summed E-state index contributed by atoms with van der Waals surface area (Å²) in [7, 11) is 0. The lowest BCUT2D eigenvalue weighted by atomic mass is 10.3. The molecule has 0 aliphatic heterocycles. The third-order valence-electron chi connectivity index (χ3n) is 1.76. The number of ether oxygens (including phenoxy) is 1. The van der Waals surface area contributed by atoms with E-state index in [-0.39, 0.29) is 5.02 Å². The van der Waals surface area contributed by atoms with E-state index >= 15 is 0 Å². The van der Waals surface area contributed by atoms with Crippen molar-refractivity contribution in [2.75, 3.05) is 13.2 Å². The van der Waals surface area contributed by atoms with Gasteiger partial charge in [0.05, 0.1) is 11.6 Å². The van der Waals surface area contributed by atoms with Crippen molar-refractivity contribution in [3.8, 4) is 5.75 Å². The van der Waals surface area contributed by atoms with Crippen molar-refractivity contribution in [1.82, 2.24) is 0 Å². The van der Waals surface area contributed by atoms with Gasteiger partial charge in [-0.15, -0.1) is 0 Å². The Kier molecular flexibility index (Phi) is 4.70. The van der Waals surface area contributed by atoms with Crippen molar-refractivity contribution in [2.45, 2.75) is 12.8 Å². The van der Waals surface area contributed by atoms with Crippen LogP contribution < -0.4 is 10.5 Å². The van der Waals surface area contributed by atoms with Crippen LogP contribution >= 0.6 is 11.6 Å². The van der Waals surface area contributed by atoms with Crippen LogP contribution in [0.5, 0.6) is 5.75 Å². The standard InChI is InChI=1S/C10H13ClFNO/c11-9-4-3-8(7-10(9)12)14-6-2-1-5-13/h3-4,7H,1-2,5-6,13H2. The first-order chi connectivity index (χ1) is 6.74. The van der Waals surface area contributed by atoms with E-state index in [1.54, 1.807) is 6.07 Å². The van der Waals surface area contributed by atoms with Crippen molar-refractivity contribution in [3.05, 3.63) is 29.0 Å². The predicted octanol–water partition coefficient (Wildman–Crippen LogP) is 2.60. The van der Waals surface area contributed by atoms with E-state index in [1.165, 1.54) is 12.1 Å². The van der Waals surface area contributed by atoms with Crippen LogP contribution in [-0.2, 0) is 0 Å². The summed E-state index contributed by atoms with van der Waals surface area (Å²) in [5.74, 6) is 0.0481. The monoisotopic (exact) mass is 217 g/mol. The number of nitrogens with two attached hydrogens (primary N) is 1. The van der Waals surface area contributed by atoms with Gasteiger partial charge in [-0.25, -0.2) is 4.39 Å². The topological polar surface area (TPSA) is 35.2 Å². The number of hydrogen-bond donors (Lipinski definition) is 1. The molecule has 0 radical (unpaired) electrons. The number of hydrogen-bond acceptors (Lipinski definition) is 2. The lowest BCUT2D eigenvalue weighted by molar-refractivity contribution is 0.306. The van der Waals surface area contributed by atoms with Crippen molar-refractivity contribution in [2.24, 2.45) is 5.73 Å². The van der Waals surface area contributed by atoms with E-state index in [9.17, 15) is 4.39 Å². The molecular weight excluding hydrogens is 205 g/mol. The van der Waals surface area contributed by atoms with Gasteiger partial charge >= 0.3 is 0 Å². The molecule has 0 saturated heterocycles. The molecule has 1 rings (SSSR count). The number of halogens is 2. The van der Waals surface area contributed by atoms with Crippen LogP contribution in [-0.4, -0.2) is 13.2 Å². The second-order valence-corrected chi connectivity index (χ2v) is 3.33. The highest BCUT2D eigenvalue weighted by molar-refractivity contribution is 6.30. The maximum absolute atomic E-state index is 12.9. The first kappa shape index (κ1) is 11.3. The number of unbranched alkanes of at least 4 members (excludes halogenated alkanes) is 1. The minimum atomic E-state index is -0.456. The molecule has 0 aliphatic rings. The Bertz CT molecular complexity index is 293. The van der Waals surface area contributed by atoms with Gasteiger partial charge in [0, 0.05) is 6.07 Å². The fourth-order valence-electron chi connectivity index (χ4n) is 1.00. The largest absolute Gasteiger partial charge is 0.493 e. The molecule has 1 aromatic carbocycles. The van der Waals surface area contributed by atoms with Gasteiger partial charge in [0.15, 0.2) is 0 Å². The first-order valence-electron chi connectivity index (χ1n) is 4.52. The minimum absolute atomic E-state index is 0.110. The maximum Gasteiger partial charge on any atom is 0.145 e. The van der Waals surface area contributed by atoms with Crippen molar-refractivity contribution in [3.63, 3.8) is 0 Å². The molecule has 0 atom stereocenters. The van der Waals surface area contributed by atoms with Crippen LogP contribution in [0.15, 0.2) is 18.2 Å². The van der Waals surface area contributed by atoms with Gasteiger partial charge in [0.25, 0.3) is 0 Å². The van der Waals surface area contributed by atoms with Gasteiger partial charge in [-0.1, -0.05) is 11.6 Å². The van der Waals surface area contributed by atoms with Crippen molar-refractivity contribution >= 4 is 11.6 Å². The third-order valence-corrected chi connectivity index (χ3v) is 2.06. The molecule has 0 heterocycles. The molecule has 2 nitrogen and oxygen atoms in total. The molecule has 0 amide bonds. The highest BCUT2D eigenvalue weighted by Gasteiger charge is 2.01. The van der Waals surface area contributed by atoms with E-state index in [0.717, 1.165) is 12.8 Å². The van der Waals surface area contributed by atoms with Gasteiger partial charge in [-0.2, -0.15) is 0 Å². The summed E-state index contributed by atoms with van der Waals surface area (Å²) >= 11 is 5.52. The van der Waals surface area contributed by atoms with Crippen LogP contribution in [0.3, 0.4) is 0 Å². The third kappa shape index (κ3) is 3.52. The average molecular weight is 218 g/mol. The maximum atomic E-state index is 12.9. The van der Waals surface area contributed by atoms with Crippen LogP contribution in [0.25, 0.3) is 0 Å². The van der Waals surface area contributed by atoms with Gasteiger partial charge < -0.3 is 10.5 Å². The quantitative estimate of drug-likeness (QED) is 0.770. The van der Waals surface area contributed by atoms with Crippen LogP contribution in [0.2, 0.25) is 5.02 Å². The molecule has 0 bridgehead atoms. The number of benzene rings is 1. The average Bonchev–Trinajstić information content (AvgIpc) is 2.18. The zero-order valence-corrected chi connectivity index (χ0v) is 8.56. The fourth-order valence-corrected chi connectivity index (χ4v) is 1.12. The van der Waals surface area contributed by atoms with Crippen LogP contribution in [0, 0.1) is 5.82 Å². The van der Waals surface area contributed by atoms with Crippen LogP contribution in [0.4, 0.5) is 4.39 Å². The Morgan fingerprint density at radius 2 is 2.14 bits per heavy atom. The summed E-state index contributed by atoms with van der Waals surface area (Å²) in [6.45, 7) is 1.20. The molecule has 4 heteroatoms. The first-order valence-corrected chi connectivity index (χ1v) is 4.90. The summed E-state index contributed by atoms with van der Waals surface area (Å²) in [6, 6.07) is 4.41. The molecule has 14 heavy (non-hydrogen) atoms. The lowest BCUT2D eigenvalue weighted by Gasteiger charge is -2.05. The molecule has 78 valence electrons. The Morgan fingerprint density at radius 1 is 1.36 bits per heavy atom. The summed E-state index contributed by atoms with van der Waals surface area (Å²) in [6.07, 6.45) is 1.79. The molecule has 0 aromatic heterocycles. The smallest absolute Gasteiger partial charge is 0.145 e. The summed E-state index contributed by atoms with van der Waals surface area (Å²) < 4.78 is 18.2. The van der Waals surface area contributed by atoms with E-state index in [2.05, 4.69) is 0 Å². The molecule has 0 spiro atoms. The summed E-state index contributed by atoms with van der Waals surface area (Å²) in [4.78, 5) is 0. The van der Waals surface area contributed by atoms with E-state index in [1.807, 2.05) is 0 Å². The SMILES string of the molecule is NCCCCOc1ccc(Cl)c(F)c1. The Balaban J connectivity index is 2.39. The number of rotatable bonds is 5. The normalized spacial score (nSPS) is 10.2. The Morgan fingerprint density at radius 3 is 2.79 bits per heavy atom. The molecular formula is C10H13ClFNO. The zero-order valence-electron chi connectivity index (χ0n) is 7.80. The molecule has 0 aliphatic carbocycles. The van der Waals surface area contributed by atoms with E-state index < -0.39 is 5.82 Å². The fraction of sp³-hybridized carbons (Fsp3) is 0.400. The van der Waals surface area contributed by atoms with Gasteiger partial charge in [-0.3, -0.25) is 0 Å².